The first-order valence-electron chi connectivity index (χ1n) is 7.65. The van der Waals surface area contributed by atoms with E-state index in [1.807, 2.05) is 4.90 Å². The van der Waals surface area contributed by atoms with E-state index in [0.29, 0.717) is 18.5 Å². The van der Waals surface area contributed by atoms with Gasteiger partial charge in [-0.3, -0.25) is 4.79 Å². The number of carbonyl (C=O) groups excluding carboxylic acids is 1. The molecule has 1 aromatic heterocycles. The van der Waals surface area contributed by atoms with Gasteiger partial charge in [0.25, 0.3) is 0 Å². The van der Waals surface area contributed by atoms with Crippen LogP contribution in [-0.2, 0) is 4.79 Å². The summed E-state index contributed by atoms with van der Waals surface area (Å²) in [7, 11) is 0. The number of piperidine rings is 1. The van der Waals surface area contributed by atoms with Gasteiger partial charge in [-0.15, -0.1) is 0 Å². The number of hydrogen-bond donors (Lipinski definition) is 0. The molecule has 2 aliphatic rings. The van der Waals surface area contributed by atoms with E-state index >= 15 is 0 Å². The van der Waals surface area contributed by atoms with E-state index in [4.69, 9.17) is 4.74 Å². The molecule has 2 fully saturated rings. The molecule has 0 spiro atoms. The quantitative estimate of drug-likeness (QED) is 0.838. The SMILES string of the molecule is O=C(C1CCCC1)N1CCCC(Oc2ncc(Br)cn2)C1. The molecule has 1 saturated carbocycles. The zero-order valence-corrected chi connectivity index (χ0v) is 13.6. The lowest BCUT2D eigenvalue weighted by atomic mass is 10.0. The number of rotatable bonds is 3. The lowest BCUT2D eigenvalue weighted by Crippen LogP contribution is -2.46. The number of halogens is 1. The third-order valence-electron chi connectivity index (χ3n) is 4.26. The van der Waals surface area contributed by atoms with Gasteiger partial charge in [-0.05, 0) is 41.6 Å². The van der Waals surface area contributed by atoms with Crippen molar-refractivity contribution in [3.8, 4) is 6.01 Å². The Labute approximate surface area is 133 Å². The Morgan fingerprint density at radius 3 is 2.62 bits per heavy atom. The predicted octanol–water partition coefficient (Wildman–Crippen LogP) is 2.80. The standard InChI is InChI=1S/C15H20BrN3O2/c16-12-8-17-15(18-9-12)21-13-6-3-7-19(10-13)14(20)11-4-1-2-5-11/h8-9,11,13H,1-7,10H2. The second kappa shape index (κ2) is 6.73. The largest absolute Gasteiger partial charge is 0.458 e. The fourth-order valence-electron chi connectivity index (χ4n) is 3.18. The summed E-state index contributed by atoms with van der Waals surface area (Å²) in [5, 5.41) is 0. The minimum atomic E-state index is 0.00489. The second-order valence-electron chi connectivity index (χ2n) is 5.83. The molecule has 2 heterocycles. The van der Waals surface area contributed by atoms with Crippen molar-refractivity contribution in [2.24, 2.45) is 5.92 Å². The van der Waals surface area contributed by atoms with Gasteiger partial charge in [0.1, 0.15) is 6.10 Å². The Balaban J connectivity index is 1.57. The maximum atomic E-state index is 12.5. The molecular weight excluding hydrogens is 334 g/mol. The molecule has 0 aromatic carbocycles. The highest BCUT2D eigenvalue weighted by molar-refractivity contribution is 9.10. The fourth-order valence-corrected chi connectivity index (χ4v) is 3.38. The molecule has 114 valence electrons. The van der Waals surface area contributed by atoms with Gasteiger partial charge in [0.15, 0.2) is 0 Å². The van der Waals surface area contributed by atoms with Crippen LogP contribution in [-0.4, -0.2) is 40.0 Å². The normalized spacial score (nSPS) is 23.3. The molecule has 1 saturated heterocycles. The molecule has 0 N–H and O–H groups in total. The summed E-state index contributed by atoms with van der Waals surface area (Å²) in [5.74, 6) is 0.560. The van der Waals surface area contributed by atoms with E-state index < -0.39 is 0 Å². The molecule has 1 aromatic rings. The lowest BCUT2D eigenvalue weighted by molar-refractivity contribution is -0.138. The molecule has 0 radical (unpaired) electrons. The molecule has 1 unspecified atom stereocenters. The maximum Gasteiger partial charge on any atom is 0.316 e. The first kappa shape index (κ1) is 14.8. The summed E-state index contributed by atoms with van der Waals surface area (Å²) in [5.41, 5.74) is 0. The van der Waals surface area contributed by atoms with Crippen LogP contribution >= 0.6 is 15.9 Å². The summed E-state index contributed by atoms with van der Waals surface area (Å²) in [6, 6.07) is 0.387. The molecule has 1 aliphatic heterocycles. The molecule has 1 aliphatic carbocycles. The summed E-state index contributed by atoms with van der Waals surface area (Å²) >= 11 is 3.30. The number of carbonyl (C=O) groups is 1. The van der Waals surface area contributed by atoms with Gasteiger partial charge in [0.2, 0.25) is 5.91 Å². The number of amides is 1. The van der Waals surface area contributed by atoms with Crippen LogP contribution in [0.3, 0.4) is 0 Å². The molecule has 1 atom stereocenters. The number of nitrogens with zero attached hydrogens (tertiary/aromatic N) is 3. The molecule has 3 rings (SSSR count). The minimum Gasteiger partial charge on any atom is -0.458 e. The first-order valence-corrected chi connectivity index (χ1v) is 8.44. The van der Waals surface area contributed by atoms with Gasteiger partial charge >= 0.3 is 6.01 Å². The molecule has 21 heavy (non-hydrogen) atoms. The molecular formula is C15H20BrN3O2. The van der Waals surface area contributed by atoms with E-state index in [1.54, 1.807) is 12.4 Å². The summed E-state index contributed by atoms with van der Waals surface area (Å²) < 4.78 is 6.65. The average molecular weight is 354 g/mol. The Morgan fingerprint density at radius 1 is 1.19 bits per heavy atom. The Hall–Kier alpha value is -1.17. The Bertz CT molecular complexity index is 488. The van der Waals surface area contributed by atoms with Gasteiger partial charge in [-0.2, -0.15) is 0 Å². The lowest BCUT2D eigenvalue weighted by Gasteiger charge is -2.33. The fraction of sp³-hybridized carbons (Fsp3) is 0.667. The second-order valence-corrected chi connectivity index (χ2v) is 6.75. The zero-order chi connectivity index (χ0) is 14.7. The van der Waals surface area contributed by atoms with Gasteiger partial charge in [0.05, 0.1) is 11.0 Å². The van der Waals surface area contributed by atoms with Crippen LogP contribution in [0.25, 0.3) is 0 Å². The molecule has 0 bridgehead atoms. The van der Waals surface area contributed by atoms with E-state index in [0.717, 1.165) is 36.7 Å². The van der Waals surface area contributed by atoms with E-state index in [-0.39, 0.29) is 12.0 Å². The number of ether oxygens (including phenoxy) is 1. The van der Waals surface area contributed by atoms with Crippen LogP contribution in [0.2, 0.25) is 0 Å². The van der Waals surface area contributed by atoms with Crippen LogP contribution in [0.1, 0.15) is 38.5 Å². The smallest absolute Gasteiger partial charge is 0.316 e. The average Bonchev–Trinajstić information content (AvgIpc) is 3.03. The van der Waals surface area contributed by atoms with Crippen LogP contribution < -0.4 is 4.74 Å². The van der Waals surface area contributed by atoms with Crippen molar-refractivity contribution in [1.29, 1.82) is 0 Å². The summed E-state index contributed by atoms with van der Waals surface area (Å²) in [6.07, 6.45) is 9.78. The Kier molecular flexibility index (Phi) is 4.73. The third kappa shape index (κ3) is 3.73. The van der Waals surface area contributed by atoms with Crippen molar-refractivity contribution in [2.75, 3.05) is 13.1 Å². The maximum absolute atomic E-state index is 12.5. The van der Waals surface area contributed by atoms with Gasteiger partial charge < -0.3 is 9.64 Å². The molecule has 6 heteroatoms. The van der Waals surface area contributed by atoms with E-state index in [1.165, 1.54) is 12.8 Å². The van der Waals surface area contributed by atoms with Crippen molar-refractivity contribution < 1.29 is 9.53 Å². The number of hydrogen-bond acceptors (Lipinski definition) is 4. The third-order valence-corrected chi connectivity index (χ3v) is 4.67. The van der Waals surface area contributed by atoms with Gasteiger partial charge in [-0.1, -0.05) is 12.8 Å². The zero-order valence-electron chi connectivity index (χ0n) is 12.0. The van der Waals surface area contributed by atoms with Gasteiger partial charge in [-0.25, -0.2) is 9.97 Å². The number of aromatic nitrogens is 2. The molecule has 5 nitrogen and oxygen atoms in total. The van der Waals surface area contributed by atoms with Crippen LogP contribution in [0.5, 0.6) is 6.01 Å². The topological polar surface area (TPSA) is 55.3 Å². The van der Waals surface area contributed by atoms with Crippen LogP contribution in [0.4, 0.5) is 0 Å². The predicted molar refractivity (Wildman–Crippen MR) is 81.9 cm³/mol. The van der Waals surface area contributed by atoms with Crippen molar-refractivity contribution in [2.45, 2.75) is 44.6 Å². The highest BCUT2D eigenvalue weighted by Gasteiger charge is 2.31. The van der Waals surface area contributed by atoms with Crippen molar-refractivity contribution in [3.63, 3.8) is 0 Å². The first-order chi connectivity index (χ1) is 10.2. The van der Waals surface area contributed by atoms with Crippen molar-refractivity contribution in [3.05, 3.63) is 16.9 Å². The highest BCUT2D eigenvalue weighted by atomic mass is 79.9. The van der Waals surface area contributed by atoms with Crippen molar-refractivity contribution in [1.82, 2.24) is 14.9 Å². The summed E-state index contributed by atoms with van der Waals surface area (Å²) in [4.78, 5) is 22.7. The van der Waals surface area contributed by atoms with Crippen LogP contribution in [0, 0.1) is 5.92 Å². The van der Waals surface area contributed by atoms with E-state index in [2.05, 4.69) is 25.9 Å². The van der Waals surface area contributed by atoms with E-state index in [9.17, 15) is 4.79 Å². The highest BCUT2D eigenvalue weighted by Crippen LogP contribution is 2.28. The van der Waals surface area contributed by atoms with Crippen molar-refractivity contribution >= 4 is 21.8 Å². The van der Waals surface area contributed by atoms with Gasteiger partial charge in [0, 0.05) is 24.9 Å². The summed E-state index contributed by atoms with van der Waals surface area (Å²) in [6.45, 7) is 1.52. The number of likely N-dealkylation sites (tertiary alicyclic amines) is 1. The minimum absolute atomic E-state index is 0.00489. The Morgan fingerprint density at radius 2 is 1.90 bits per heavy atom. The molecule has 1 amide bonds. The van der Waals surface area contributed by atoms with Crippen LogP contribution in [0.15, 0.2) is 16.9 Å². The monoisotopic (exact) mass is 353 g/mol.